The largest absolute Gasteiger partial charge is 0.399 e. The Bertz CT molecular complexity index is 586. The van der Waals surface area contributed by atoms with Crippen LogP contribution in [0.3, 0.4) is 0 Å². The molecule has 1 aromatic heterocycles. The van der Waals surface area contributed by atoms with Crippen molar-refractivity contribution in [3.63, 3.8) is 0 Å². The molecule has 1 heterocycles. The first-order chi connectivity index (χ1) is 8.70. The van der Waals surface area contributed by atoms with Crippen LogP contribution in [-0.2, 0) is 0 Å². The monoisotopic (exact) mass is 238 g/mol. The Labute approximate surface area is 106 Å². The highest BCUT2D eigenvalue weighted by molar-refractivity contribution is 5.55. The second-order valence-corrected chi connectivity index (χ2v) is 4.05. The lowest BCUT2D eigenvalue weighted by Crippen LogP contribution is -2.08. The van der Waals surface area contributed by atoms with E-state index in [0.29, 0.717) is 5.69 Å². The van der Waals surface area contributed by atoms with E-state index in [0.717, 1.165) is 16.9 Å². The number of benzene rings is 1. The number of nitrogens with zero attached hydrogens (tertiary/aromatic N) is 2. The lowest BCUT2D eigenvalue weighted by Gasteiger charge is -2.16. The predicted molar refractivity (Wildman–Crippen MR) is 71.8 cm³/mol. The Morgan fingerprint density at radius 2 is 2.17 bits per heavy atom. The minimum atomic E-state index is 0.0600. The van der Waals surface area contributed by atoms with E-state index in [1.807, 2.05) is 37.3 Å². The maximum Gasteiger partial charge on any atom is 0.163 e. The van der Waals surface area contributed by atoms with Crippen LogP contribution in [0.1, 0.15) is 24.2 Å². The minimum absolute atomic E-state index is 0.0600. The van der Waals surface area contributed by atoms with Crippen molar-refractivity contribution in [2.24, 2.45) is 0 Å². The van der Waals surface area contributed by atoms with Crippen LogP contribution >= 0.6 is 0 Å². The maximum absolute atomic E-state index is 8.97. The van der Waals surface area contributed by atoms with Crippen molar-refractivity contribution in [1.29, 1.82) is 5.26 Å². The van der Waals surface area contributed by atoms with E-state index in [-0.39, 0.29) is 6.04 Å². The summed E-state index contributed by atoms with van der Waals surface area (Å²) >= 11 is 0. The van der Waals surface area contributed by atoms with Gasteiger partial charge >= 0.3 is 0 Å². The third-order valence-electron chi connectivity index (χ3n) is 2.70. The molecular formula is C14H14N4. The Kier molecular flexibility index (Phi) is 3.44. The number of anilines is 2. The van der Waals surface area contributed by atoms with E-state index in [4.69, 9.17) is 11.0 Å². The van der Waals surface area contributed by atoms with Crippen LogP contribution in [0.5, 0.6) is 0 Å². The number of nitriles is 1. The lowest BCUT2D eigenvalue weighted by atomic mass is 10.1. The molecule has 90 valence electrons. The lowest BCUT2D eigenvalue weighted by molar-refractivity contribution is 0.882. The van der Waals surface area contributed by atoms with Gasteiger partial charge in [0.05, 0.1) is 5.69 Å². The molecule has 4 nitrogen and oxygen atoms in total. The number of hydrogen-bond donors (Lipinski definition) is 2. The maximum atomic E-state index is 8.97. The van der Waals surface area contributed by atoms with Gasteiger partial charge in [-0.25, -0.2) is 4.98 Å². The summed E-state index contributed by atoms with van der Waals surface area (Å²) in [6.45, 7) is 2.02. The minimum Gasteiger partial charge on any atom is -0.399 e. The number of aromatic nitrogens is 1. The fourth-order valence-electron chi connectivity index (χ4n) is 1.76. The molecule has 0 bridgehead atoms. The first-order valence-electron chi connectivity index (χ1n) is 5.68. The number of nitrogens with one attached hydrogen (secondary N) is 1. The first kappa shape index (κ1) is 11.9. The average Bonchev–Trinajstić information content (AvgIpc) is 2.39. The molecule has 18 heavy (non-hydrogen) atoms. The zero-order valence-corrected chi connectivity index (χ0v) is 10.1. The Balaban J connectivity index is 2.22. The van der Waals surface area contributed by atoms with Gasteiger partial charge in [0.25, 0.3) is 0 Å². The van der Waals surface area contributed by atoms with Gasteiger partial charge in [-0.1, -0.05) is 12.1 Å². The molecule has 1 unspecified atom stereocenters. The molecule has 0 radical (unpaired) electrons. The average molecular weight is 238 g/mol. The van der Waals surface area contributed by atoms with Crippen LogP contribution in [-0.4, -0.2) is 4.98 Å². The van der Waals surface area contributed by atoms with E-state index in [2.05, 4.69) is 16.4 Å². The number of nitrogens with two attached hydrogens (primary N) is 1. The summed E-state index contributed by atoms with van der Waals surface area (Å²) in [4.78, 5) is 4.01. The van der Waals surface area contributed by atoms with Crippen molar-refractivity contribution < 1.29 is 0 Å². The van der Waals surface area contributed by atoms with Crippen LogP contribution in [0.2, 0.25) is 0 Å². The number of nitrogen functional groups attached to an aromatic ring is 1. The smallest absolute Gasteiger partial charge is 0.163 e. The van der Waals surface area contributed by atoms with E-state index in [1.54, 1.807) is 12.3 Å². The molecule has 0 amide bonds. The quantitative estimate of drug-likeness (QED) is 0.806. The molecule has 0 fully saturated rings. The highest BCUT2D eigenvalue weighted by Gasteiger charge is 2.08. The normalized spacial score (nSPS) is 11.6. The summed E-state index contributed by atoms with van der Waals surface area (Å²) in [6, 6.07) is 13.4. The molecule has 1 aromatic carbocycles. The van der Waals surface area contributed by atoms with Gasteiger partial charge in [-0.15, -0.1) is 0 Å². The van der Waals surface area contributed by atoms with Crippen LogP contribution in [0.4, 0.5) is 11.4 Å². The third-order valence-corrected chi connectivity index (χ3v) is 2.70. The SMILES string of the molecule is CC(Nc1cccnc1C#N)c1cccc(N)c1. The highest BCUT2D eigenvalue weighted by Crippen LogP contribution is 2.21. The van der Waals surface area contributed by atoms with Crippen molar-refractivity contribution in [2.75, 3.05) is 11.1 Å². The van der Waals surface area contributed by atoms with Gasteiger partial charge in [0.1, 0.15) is 6.07 Å². The van der Waals surface area contributed by atoms with Crippen LogP contribution in [0.25, 0.3) is 0 Å². The van der Waals surface area contributed by atoms with Crippen LogP contribution in [0, 0.1) is 11.3 Å². The summed E-state index contributed by atoms with van der Waals surface area (Å²) in [7, 11) is 0. The van der Waals surface area contributed by atoms with Gasteiger partial charge in [-0.3, -0.25) is 0 Å². The standard InChI is InChI=1S/C14H14N4/c1-10(11-4-2-5-12(16)8-11)18-13-6-3-7-17-14(13)9-15/h2-8,10,18H,16H2,1H3. The highest BCUT2D eigenvalue weighted by atomic mass is 14.9. The molecule has 3 N–H and O–H groups in total. The van der Waals surface area contributed by atoms with Gasteiger partial charge in [0, 0.05) is 17.9 Å². The van der Waals surface area contributed by atoms with Gasteiger partial charge in [-0.05, 0) is 36.8 Å². The fraction of sp³-hybridized carbons (Fsp3) is 0.143. The van der Waals surface area contributed by atoms with E-state index < -0.39 is 0 Å². The summed E-state index contributed by atoms with van der Waals surface area (Å²) in [5, 5.41) is 12.2. The van der Waals surface area contributed by atoms with E-state index in [9.17, 15) is 0 Å². The summed E-state index contributed by atoms with van der Waals surface area (Å²) in [5.74, 6) is 0. The topological polar surface area (TPSA) is 74.7 Å². The van der Waals surface area contributed by atoms with Gasteiger partial charge in [0.2, 0.25) is 0 Å². The number of hydrogen-bond acceptors (Lipinski definition) is 4. The Morgan fingerprint density at radius 3 is 2.89 bits per heavy atom. The first-order valence-corrected chi connectivity index (χ1v) is 5.68. The van der Waals surface area contributed by atoms with Crippen LogP contribution in [0.15, 0.2) is 42.6 Å². The molecule has 4 heteroatoms. The molecule has 0 spiro atoms. The number of pyridine rings is 1. The molecule has 0 aliphatic heterocycles. The Hall–Kier alpha value is -2.54. The van der Waals surface area contributed by atoms with E-state index in [1.165, 1.54) is 0 Å². The second kappa shape index (κ2) is 5.19. The summed E-state index contributed by atoms with van der Waals surface area (Å²) < 4.78 is 0. The predicted octanol–water partition coefficient (Wildman–Crippen LogP) is 2.71. The molecular weight excluding hydrogens is 224 g/mol. The van der Waals surface area contributed by atoms with Crippen molar-refractivity contribution in [2.45, 2.75) is 13.0 Å². The van der Waals surface area contributed by atoms with Gasteiger partial charge in [0.15, 0.2) is 5.69 Å². The van der Waals surface area contributed by atoms with Gasteiger partial charge < -0.3 is 11.1 Å². The molecule has 2 aromatic rings. The van der Waals surface area contributed by atoms with Gasteiger partial charge in [-0.2, -0.15) is 5.26 Å². The van der Waals surface area contributed by atoms with Crippen molar-refractivity contribution in [1.82, 2.24) is 4.98 Å². The molecule has 0 aliphatic carbocycles. The summed E-state index contributed by atoms with van der Waals surface area (Å²) in [5.41, 5.74) is 8.68. The Morgan fingerprint density at radius 1 is 1.33 bits per heavy atom. The summed E-state index contributed by atoms with van der Waals surface area (Å²) in [6.07, 6.45) is 1.61. The molecule has 2 rings (SSSR count). The second-order valence-electron chi connectivity index (χ2n) is 4.05. The zero-order chi connectivity index (χ0) is 13.0. The molecule has 0 saturated heterocycles. The molecule has 0 aliphatic rings. The number of rotatable bonds is 3. The molecule has 1 atom stereocenters. The van der Waals surface area contributed by atoms with E-state index >= 15 is 0 Å². The van der Waals surface area contributed by atoms with Crippen molar-refractivity contribution >= 4 is 11.4 Å². The fourth-order valence-corrected chi connectivity index (χ4v) is 1.76. The van der Waals surface area contributed by atoms with Crippen molar-refractivity contribution in [3.05, 3.63) is 53.9 Å². The van der Waals surface area contributed by atoms with Crippen LogP contribution < -0.4 is 11.1 Å². The third kappa shape index (κ3) is 2.58. The molecule has 0 saturated carbocycles. The zero-order valence-electron chi connectivity index (χ0n) is 10.1. The van der Waals surface area contributed by atoms with Crippen molar-refractivity contribution in [3.8, 4) is 6.07 Å².